The second-order valence-electron chi connectivity index (χ2n) is 20.2. The summed E-state index contributed by atoms with van der Waals surface area (Å²) in [5, 5.41) is 80.8. The number of aliphatic hydroxyl groups is 3. The third-order valence-corrected chi connectivity index (χ3v) is 13.0. The van der Waals surface area contributed by atoms with Crippen LogP contribution in [0.1, 0.15) is 82.3 Å². The summed E-state index contributed by atoms with van der Waals surface area (Å²) in [4.78, 5) is 183. The SMILES string of the molecule is C[C@@H](O)[C@H](NC(=O)[C@H](CO)NC(=O)[C@H](CC(N)=O)NC(=O)[C@@H](N)CCCCN)C(=O)N[C@@H](CCC(N)=O)C(=O)N[C@@H](CCC(N)=O)C(=O)N[C@@H](Cc1ccc(O)cc1)C(=O)N[C@@H](CO)C(=O)N[C@@H](Cc1ccc(O)cc1)C(=O)N[C@@H](CCC(N)=O)C(=O)O. The molecule has 0 aliphatic rings. The van der Waals surface area contributed by atoms with Gasteiger partial charge in [-0.25, -0.2) is 4.79 Å². The number of benzene rings is 2. The number of unbranched alkanes of at least 4 members (excludes halogenated alkanes) is 1. The number of aliphatic carboxylic acids is 1. The van der Waals surface area contributed by atoms with E-state index in [0.717, 1.165) is 6.92 Å². The van der Waals surface area contributed by atoms with Crippen LogP contribution in [0.25, 0.3) is 0 Å². The van der Waals surface area contributed by atoms with E-state index in [2.05, 4.69) is 47.9 Å². The van der Waals surface area contributed by atoms with Gasteiger partial charge in [0.2, 0.25) is 76.8 Å². The number of primary amides is 4. The molecule has 35 heteroatoms. The first-order valence-electron chi connectivity index (χ1n) is 27.4. The normalized spacial score (nSPS) is 14.7. The largest absolute Gasteiger partial charge is 0.508 e. The monoisotopic (exact) mass is 1250 g/mol. The highest BCUT2D eigenvalue weighted by Crippen LogP contribution is 2.15. The Bertz CT molecular complexity index is 2770. The number of aliphatic hydroxyl groups excluding tert-OH is 3. The third-order valence-electron chi connectivity index (χ3n) is 13.0. The number of carboxylic acids is 1. The Kier molecular flexibility index (Phi) is 32.0. The maximum atomic E-state index is 14.3. The van der Waals surface area contributed by atoms with Crippen LogP contribution in [0, 0.1) is 0 Å². The number of carboxylic acid groups (broad SMARTS) is 1. The first kappa shape index (κ1) is 74.5. The van der Waals surface area contributed by atoms with Crippen molar-refractivity contribution in [3.05, 3.63) is 59.7 Å². The summed E-state index contributed by atoms with van der Waals surface area (Å²) >= 11 is 0. The first-order chi connectivity index (χ1) is 41.4. The number of hydrogen-bond acceptors (Lipinski definition) is 21. The lowest BCUT2D eigenvalue weighted by Crippen LogP contribution is -2.62. The van der Waals surface area contributed by atoms with Gasteiger partial charge in [-0.1, -0.05) is 30.7 Å². The molecule has 0 aromatic heterocycles. The van der Waals surface area contributed by atoms with Crippen molar-refractivity contribution in [2.24, 2.45) is 34.4 Å². The van der Waals surface area contributed by atoms with E-state index in [1.165, 1.54) is 48.5 Å². The number of phenols is 2. The topological polar surface area (TPSA) is 625 Å². The molecular weight excluding hydrogens is 1170 g/mol. The van der Waals surface area contributed by atoms with Gasteiger partial charge >= 0.3 is 5.97 Å². The zero-order valence-electron chi connectivity index (χ0n) is 47.9. The summed E-state index contributed by atoms with van der Waals surface area (Å²) in [6.45, 7) is -1.05. The van der Waals surface area contributed by atoms with Crippen LogP contribution < -0.4 is 82.3 Å². The molecule has 2 aromatic carbocycles. The van der Waals surface area contributed by atoms with Crippen molar-refractivity contribution >= 4 is 82.8 Å². The van der Waals surface area contributed by atoms with Crippen LogP contribution in [0.2, 0.25) is 0 Å². The Morgan fingerprint density at radius 1 is 0.420 bits per heavy atom. The Labute approximate surface area is 502 Å². The van der Waals surface area contributed by atoms with Gasteiger partial charge in [0, 0.05) is 32.1 Å². The fourth-order valence-electron chi connectivity index (χ4n) is 8.08. The van der Waals surface area contributed by atoms with Crippen LogP contribution in [0.5, 0.6) is 11.5 Å². The van der Waals surface area contributed by atoms with Crippen LogP contribution in [-0.2, 0) is 80.0 Å². The number of nitrogens with one attached hydrogen (secondary N) is 9. The lowest BCUT2D eigenvalue weighted by atomic mass is 10.0. The molecular formula is C53H79N15O20. The van der Waals surface area contributed by atoms with E-state index in [0.29, 0.717) is 24.9 Å². The molecule has 0 fully saturated rings. The third kappa shape index (κ3) is 27.2. The highest BCUT2D eigenvalue weighted by Gasteiger charge is 2.37. The summed E-state index contributed by atoms with van der Waals surface area (Å²) in [6, 6.07) is -7.41. The summed E-state index contributed by atoms with van der Waals surface area (Å²) < 4.78 is 0. The number of carbonyl (C=O) groups excluding carboxylic acids is 13. The smallest absolute Gasteiger partial charge is 0.326 e. The molecule has 486 valence electrons. The van der Waals surface area contributed by atoms with Gasteiger partial charge in [-0.05, 0) is 81.0 Å². The van der Waals surface area contributed by atoms with Crippen LogP contribution in [0.3, 0.4) is 0 Å². The second kappa shape index (κ2) is 37.8. The standard InChI is InChI=1S/C53H79N15O20/c1-25(71)43(68-51(85)38(24-70)67-49(83)36(22-42(59)77)63-44(78)30(55)4-2-3-19-54)52(86)61-32(14-17-40(57)75)45(79)60-31(13-16-39(56)74)46(80)64-35(21-27-7-11-29(73)12-8-27)48(82)66-37(23-69)50(84)65-34(20-26-5-9-28(72)10-6-26)47(81)62-33(53(87)88)15-18-41(58)76/h5-12,25,30-38,43,69-73H,2-4,13-24,54-55H2,1H3,(H2,56,74)(H2,57,75)(H2,58,76)(H2,59,77)(H,60,79)(H,61,86)(H,62,81)(H,63,78)(H,64,80)(H,65,84)(H,66,82)(H,67,83)(H,68,85)(H,87,88)/t25-,30+,31+,32+,33+,34+,35+,36+,37+,38+,43+/m1/s1. The van der Waals surface area contributed by atoms with Gasteiger partial charge in [0.05, 0.1) is 31.8 Å². The predicted octanol–water partition coefficient (Wildman–Crippen LogP) is -9.18. The molecule has 0 radical (unpaired) electrons. The van der Waals surface area contributed by atoms with Gasteiger partial charge in [0.25, 0.3) is 0 Å². The van der Waals surface area contributed by atoms with Crippen molar-refractivity contribution in [3.63, 3.8) is 0 Å². The van der Waals surface area contributed by atoms with Crippen molar-refractivity contribution in [3.8, 4) is 11.5 Å². The minimum atomic E-state index is -2.04. The minimum Gasteiger partial charge on any atom is -0.508 e. The van der Waals surface area contributed by atoms with E-state index in [1.54, 1.807) is 0 Å². The number of aromatic hydroxyl groups is 2. The van der Waals surface area contributed by atoms with E-state index in [-0.39, 0.29) is 29.9 Å². The average Bonchev–Trinajstić information content (AvgIpc) is 2.05. The van der Waals surface area contributed by atoms with E-state index in [9.17, 15) is 97.8 Å². The maximum Gasteiger partial charge on any atom is 0.326 e. The quantitative estimate of drug-likeness (QED) is 0.0275. The van der Waals surface area contributed by atoms with Crippen LogP contribution in [0.4, 0.5) is 0 Å². The van der Waals surface area contributed by atoms with E-state index in [1.807, 2.05) is 0 Å². The average molecular weight is 1250 g/mol. The minimum absolute atomic E-state index is 0.142. The Morgan fingerprint density at radius 2 is 0.750 bits per heavy atom. The van der Waals surface area contributed by atoms with Crippen molar-refractivity contribution < 1.29 is 97.8 Å². The molecule has 0 saturated carbocycles. The zero-order chi connectivity index (χ0) is 66.4. The number of rotatable bonds is 41. The Morgan fingerprint density at radius 3 is 1.12 bits per heavy atom. The fourth-order valence-corrected chi connectivity index (χ4v) is 8.08. The molecule has 35 nitrogen and oxygen atoms in total. The van der Waals surface area contributed by atoms with Crippen molar-refractivity contribution in [2.75, 3.05) is 19.8 Å². The lowest BCUT2D eigenvalue weighted by molar-refractivity contribution is -0.142. The Hall–Kier alpha value is -9.58. The molecule has 0 heterocycles. The number of phenolic OH excluding ortho intramolecular Hbond substituents is 2. The summed E-state index contributed by atoms with van der Waals surface area (Å²) in [5.41, 5.74) is 33.1. The molecule has 0 aliphatic heterocycles. The van der Waals surface area contributed by atoms with Gasteiger partial charge in [-0.3, -0.25) is 62.3 Å². The second-order valence-corrected chi connectivity index (χ2v) is 20.2. The van der Waals surface area contributed by atoms with Gasteiger partial charge in [0.15, 0.2) is 0 Å². The van der Waals surface area contributed by atoms with Crippen molar-refractivity contribution in [2.45, 2.75) is 150 Å². The number of carbonyl (C=O) groups is 14. The molecule has 0 aliphatic carbocycles. The van der Waals surface area contributed by atoms with Gasteiger partial charge in [0.1, 0.15) is 65.9 Å². The van der Waals surface area contributed by atoms with Crippen molar-refractivity contribution in [1.82, 2.24) is 47.9 Å². The Balaban J connectivity index is 2.48. The van der Waals surface area contributed by atoms with Crippen LogP contribution >= 0.6 is 0 Å². The summed E-state index contributed by atoms with van der Waals surface area (Å²) in [5.74, 6) is -16.9. The molecule has 0 unspecified atom stereocenters. The maximum absolute atomic E-state index is 14.3. The lowest BCUT2D eigenvalue weighted by Gasteiger charge is -2.28. The fraction of sp³-hybridized carbons (Fsp3) is 0.509. The number of nitrogens with two attached hydrogens (primary N) is 6. The summed E-state index contributed by atoms with van der Waals surface area (Å²) in [6.07, 6.45) is -5.83. The van der Waals surface area contributed by atoms with E-state index in [4.69, 9.17) is 34.4 Å². The molecule has 0 bridgehead atoms. The van der Waals surface area contributed by atoms with E-state index < -0.39 is 214 Å². The highest BCUT2D eigenvalue weighted by molar-refractivity contribution is 5.99. The van der Waals surface area contributed by atoms with Crippen molar-refractivity contribution in [1.29, 1.82) is 0 Å². The van der Waals surface area contributed by atoms with Gasteiger partial charge in [-0.15, -0.1) is 0 Å². The molecule has 2 aromatic rings. The zero-order valence-corrected chi connectivity index (χ0v) is 47.9. The molecule has 0 saturated heterocycles. The molecule has 2 rings (SSSR count). The van der Waals surface area contributed by atoms with Gasteiger partial charge < -0.3 is 113 Å². The molecule has 11 atom stereocenters. The number of amides is 13. The number of hydrogen-bond donors (Lipinski definition) is 21. The predicted molar refractivity (Wildman–Crippen MR) is 304 cm³/mol. The molecule has 0 spiro atoms. The van der Waals surface area contributed by atoms with Crippen LogP contribution in [-0.4, -0.2) is 200 Å². The highest BCUT2D eigenvalue weighted by atomic mass is 16.4. The van der Waals surface area contributed by atoms with E-state index >= 15 is 0 Å². The molecule has 27 N–H and O–H groups in total. The first-order valence-corrected chi connectivity index (χ1v) is 27.4. The van der Waals surface area contributed by atoms with Gasteiger partial charge in [-0.2, -0.15) is 0 Å². The molecule has 88 heavy (non-hydrogen) atoms. The molecule has 13 amide bonds. The van der Waals surface area contributed by atoms with Crippen LogP contribution in [0.15, 0.2) is 48.5 Å². The summed E-state index contributed by atoms with van der Waals surface area (Å²) in [7, 11) is 0.